The highest BCUT2D eigenvalue weighted by Gasteiger charge is 2.11. The fraction of sp³-hybridized carbons (Fsp3) is 0.727. The molecule has 0 atom stereocenters. The zero-order valence-electron chi connectivity index (χ0n) is 9.67. The molecular weight excluding hydrogens is 174 g/mol. The van der Waals surface area contributed by atoms with Crippen LogP contribution in [0.2, 0.25) is 0 Å². The van der Waals surface area contributed by atoms with Crippen LogP contribution in [-0.4, -0.2) is 9.78 Å². The Morgan fingerprint density at radius 3 is 2.50 bits per heavy atom. The number of rotatable bonds is 3. The molecule has 0 radical (unpaired) electrons. The lowest BCUT2D eigenvalue weighted by Crippen LogP contribution is -2.10. The van der Waals surface area contributed by atoms with E-state index < -0.39 is 0 Å². The highest BCUT2D eigenvalue weighted by Crippen LogP contribution is 2.19. The maximum atomic E-state index is 5.59. The Morgan fingerprint density at radius 1 is 1.43 bits per heavy atom. The van der Waals surface area contributed by atoms with Gasteiger partial charge in [-0.3, -0.25) is 4.68 Å². The molecule has 0 spiro atoms. The molecule has 0 saturated carbocycles. The summed E-state index contributed by atoms with van der Waals surface area (Å²) in [6, 6.07) is 0. The van der Waals surface area contributed by atoms with Crippen molar-refractivity contribution >= 4 is 0 Å². The van der Waals surface area contributed by atoms with Gasteiger partial charge in [-0.25, -0.2) is 0 Å². The predicted octanol–water partition coefficient (Wildman–Crippen LogP) is 2.09. The van der Waals surface area contributed by atoms with Gasteiger partial charge >= 0.3 is 0 Å². The number of nitrogens with two attached hydrogens (primary N) is 1. The first-order valence-electron chi connectivity index (χ1n) is 5.15. The minimum atomic E-state index is 0.364. The smallest absolute Gasteiger partial charge is 0.0638 e. The molecule has 0 aromatic carbocycles. The number of hydrogen-bond donors (Lipinski definition) is 1. The third kappa shape index (κ3) is 3.14. The molecule has 0 aliphatic rings. The zero-order valence-corrected chi connectivity index (χ0v) is 9.67. The summed E-state index contributed by atoms with van der Waals surface area (Å²) in [6.07, 6.45) is 3.19. The van der Waals surface area contributed by atoms with E-state index in [0.717, 1.165) is 24.2 Å². The highest BCUT2D eigenvalue weighted by molar-refractivity contribution is 5.14. The molecule has 0 bridgehead atoms. The van der Waals surface area contributed by atoms with E-state index in [9.17, 15) is 0 Å². The molecule has 0 unspecified atom stereocenters. The van der Waals surface area contributed by atoms with Gasteiger partial charge < -0.3 is 5.73 Å². The van der Waals surface area contributed by atoms with Crippen molar-refractivity contribution in [2.75, 3.05) is 0 Å². The van der Waals surface area contributed by atoms with E-state index in [2.05, 4.69) is 32.1 Å². The van der Waals surface area contributed by atoms with Gasteiger partial charge in [-0.2, -0.15) is 5.10 Å². The molecule has 3 heteroatoms. The van der Waals surface area contributed by atoms with E-state index in [-0.39, 0.29) is 0 Å². The van der Waals surface area contributed by atoms with Gasteiger partial charge in [0, 0.05) is 24.8 Å². The fourth-order valence-corrected chi connectivity index (χ4v) is 1.32. The summed E-state index contributed by atoms with van der Waals surface area (Å²) < 4.78 is 2.00. The van der Waals surface area contributed by atoms with E-state index in [4.69, 9.17) is 5.73 Å². The normalized spacial score (nSPS) is 12.1. The molecule has 2 N–H and O–H groups in total. The van der Waals surface area contributed by atoms with E-state index in [1.54, 1.807) is 0 Å². The molecule has 0 saturated heterocycles. The average Bonchev–Trinajstić information content (AvgIpc) is 2.42. The number of nitrogens with zero attached hydrogens (tertiary/aromatic N) is 2. The van der Waals surface area contributed by atoms with E-state index in [1.807, 2.05) is 11.6 Å². The van der Waals surface area contributed by atoms with Crippen molar-refractivity contribution in [1.82, 2.24) is 9.78 Å². The van der Waals surface area contributed by atoms with E-state index in [1.165, 1.54) is 0 Å². The van der Waals surface area contributed by atoms with E-state index >= 15 is 0 Å². The van der Waals surface area contributed by atoms with Crippen molar-refractivity contribution in [3.63, 3.8) is 0 Å². The molecular formula is C11H21N3. The van der Waals surface area contributed by atoms with Gasteiger partial charge in [0.1, 0.15) is 0 Å². The van der Waals surface area contributed by atoms with Crippen LogP contribution in [0.4, 0.5) is 0 Å². The summed E-state index contributed by atoms with van der Waals surface area (Å²) >= 11 is 0. The van der Waals surface area contributed by atoms with Crippen LogP contribution < -0.4 is 5.73 Å². The molecule has 0 aliphatic heterocycles. The van der Waals surface area contributed by atoms with Crippen LogP contribution in [0.15, 0.2) is 6.20 Å². The molecule has 1 rings (SSSR count). The summed E-state index contributed by atoms with van der Waals surface area (Å²) in [7, 11) is 0. The third-order valence-corrected chi connectivity index (χ3v) is 2.36. The van der Waals surface area contributed by atoms with Crippen LogP contribution in [-0.2, 0) is 13.1 Å². The number of aromatic nitrogens is 2. The second-order valence-corrected chi connectivity index (χ2v) is 5.02. The SMILES string of the molecule is Cc1nn(CCC(C)(C)C)cc1CN. The van der Waals surface area contributed by atoms with Gasteiger partial charge in [0.05, 0.1) is 5.69 Å². The molecule has 14 heavy (non-hydrogen) atoms. The largest absolute Gasteiger partial charge is 0.326 e. The molecule has 1 aromatic rings. The Balaban J connectivity index is 2.60. The topological polar surface area (TPSA) is 43.8 Å². The Hall–Kier alpha value is -0.830. The first-order valence-corrected chi connectivity index (χ1v) is 5.15. The number of hydrogen-bond acceptors (Lipinski definition) is 2. The fourth-order valence-electron chi connectivity index (χ4n) is 1.32. The van der Waals surface area contributed by atoms with Crippen molar-refractivity contribution < 1.29 is 0 Å². The van der Waals surface area contributed by atoms with Crippen molar-refractivity contribution in [3.8, 4) is 0 Å². The monoisotopic (exact) mass is 195 g/mol. The van der Waals surface area contributed by atoms with Gasteiger partial charge in [-0.15, -0.1) is 0 Å². The lowest BCUT2D eigenvalue weighted by molar-refractivity contribution is 0.340. The van der Waals surface area contributed by atoms with Gasteiger partial charge in [-0.05, 0) is 18.8 Å². The van der Waals surface area contributed by atoms with Crippen LogP contribution >= 0.6 is 0 Å². The average molecular weight is 195 g/mol. The summed E-state index contributed by atoms with van der Waals surface area (Å²) in [6.45, 7) is 10.3. The van der Waals surface area contributed by atoms with Gasteiger partial charge in [-0.1, -0.05) is 20.8 Å². The molecule has 80 valence electrons. The molecule has 1 aromatic heterocycles. The van der Waals surface area contributed by atoms with E-state index in [0.29, 0.717) is 12.0 Å². The predicted molar refractivity (Wildman–Crippen MR) is 58.9 cm³/mol. The van der Waals surface area contributed by atoms with Gasteiger partial charge in [0.25, 0.3) is 0 Å². The Kier molecular flexibility index (Phi) is 3.32. The third-order valence-electron chi connectivity index (χ3n) is 2.36. The second kappa shape index (κ2) is 4.13. The molecule has 3 nitrogen and oxygen atoms in total. The van der Waals surface area contributed by atoms with Crippen LogP contribution in [0.1, 0.15) is 38.4 Å². The molecule has 0 amide bonds. The molecule has 0 fully saturated rings. The van der Waals surface area contributed by atoms with Crippen LogP contribution in [0.3, 0.4) is 0 Å². The first kappa shape index (κ1) is 11.2. The van der Waals surface area contributed by atoms with Crippen molar-refractivity contribution in [3.05, 3.63) is 17.5 Å². The minimum absolute atomic E-state index is 0.364. The summed E-state index contributed by atoms with van der Waals surface area (Å²) in [5, 5.41) is 4.42. The van der Waals surface area contributed by atoms with Crippen molar-refractivity contribution in [2.24, 2.45) is 11.1 Å². The van der Waals surface area contributed by atoms with Gasteiger partial charge in [0.2, 0.25) is 0 Å². The summed E-state index contributed by atoms with van der Waals surface area (Å²) in [5.41, 5.74) is 8.17. The standard InChI is InChI=1S/C11H21N3/c1-9-10(7-12)8-14(13-9)6-5-11(2,3)4/h8H,5-7,12H2,1-4H3. The molecule has 0 aliphatic carbocycles. The number of aryl methyl sites for hydroxylation is 2. The highest BCUT2D eigenvalue weighted by atomic mass is 15.3. The lowest BCUT2D eigenvalue weighted by Gasteiger charge is -2.17. The zero-order chi connectivity index (χ0) is 10.8. The maximum absolute atomic E-state index is 5.59. The van der Waals surface area contributed by atoms with Crippen LogP contribution in [0, 0.1) is 12.3 Å². The van der Waals surface area contributed by atoms with Crippen molar-refractivity contribution in [1.29, 1.82) is 0 Å². The Morgan fingerprint density at radius 2 is 2.07 bits per heavy atom. The van der Waals surface area contributed by atoms with Crippen LogP contribution in [0.5, 0.6) is 0 Å². The maximum Gasteiger partial charge on any atom is 0.0638 e. The Labute approximate surface area is 86.3 Å². The lowest BCUT2D eigenvalue weighted by atomic mass is 9.92. The summed E-state index contributed by atoms with van der Waals surface area (Å²) in [5.74, 6) is 0. The summed E-state index contributed by atoms with van der Waals surface area (Å²) in [4.78, 5) is 0. The first-order chi connectivity index (χ1) is 6.42. The minimum Gasteiger partial charge on any atom is -0.326 e. The Bertz CT molecular complexity index is 294. The van der Waals surface area contributed by atoms with Crippen LogP contribution in [0.25, 0.3) is 0 Å². The second-order valence-electron chi connectivity index (χ2n) is 5.02. The quantitative estimate of drug-likeness (QED) is 0.802. The van der Waals surface area contributed by atoms with Gasteiger partial charge in [0.15, 0.2) is 0 Å². The molecule has 1 heterocycles. The van der Waals surface area contributed by atoms with Crippen molar-refractivity contribution in [2.45, 2.75) is 47.2 Å².